The van der Waals surface area contributed by atoms with E-state index in [9.17, 15) is 17.6 Å². The van der Waals surface area contributed by atoms with E-state index in [2.05, 4.69) is 10.0 Å². The number of nitrogens with one attached hydrogen (secondary N) is 2. The second-order valence-electron chi connectivity index (χ2n) is 4.57. The molecule has 1 heterocycles. The van der Waals surface area contributed by atoms with E-state index in [0.717, 1.165) is 18.2 Å². The van der Waals surface area contributed by atoms with E-state index >= 15 is 0 Å². The number of benzene rings is 1. The molecule has 1 saturated heterocycles. The molecule has 1 aliphatic heterocycles. The molecule has 0 aliphatic carbocycles. The van der Waals surface area contributed by atoms with Crippen LogP contribution in [0.25, 0.3) is 0 Å². The van der Waals surface area contributed by atoms with Crippen molar-refractivity contribution in [3.05, 3.63) is 29.0 Å². The lowest BCUT2D eigenvalue weighted by Crippen LogP contribution is -2.35. The van der Waals surface area contributed by atoms with Crippen LogP contribution in [0.1, 0.15) is 19.3 Å². The molecule has 0 spiro atoms. The summed E-state index contributed by atoms with van der Waals surface area (Å²) >= 11 is 5.76. The molecule has 1 unspecified atom stereocenters. The molecule has 20 heavy (non-hydrogen) atoms. The van der Waals surface area contributed by atoms with Gasteiger partial charge in [-0.3, -0.25) is 4.79 Å². The highest BCUT2D eigenvalue weighted by Gasteiger charge is 2.24. The first-order chi connectivity index (χ1) is 9.38. The number of hydrogen-bond acceptors (Lipinski definition) is 3. The molecular weight excluding hydrogens is 307 g/mol. The summed E-state index contributed by atoms with van der Waals surface area (Å²) in [5.74, 6) is -0.690. The number of halogens is 2. The Morgan fingerprint density at radius 3 is 2.80 bits per heavy atom. The van der Waals surface area contributed by atoms with Crippen LogP contribution >= 0.6 is 11.6 Å². The van der Waals surface area contributed by atoms with Crippen molar-refractivity contribution in [3.63, 3.8) is 0 Å². The molecule has 0 saturated carbocycles. The zero-order valence-corrected chi connectivity index (χ0v) is 12.1. The van der Waals surface area contributed by atoms with Gasteiger partial charge in [0.15, 0.2) is 0 Å². The van der Waals surface area contributed by atoms with Gasteiger partial charge in [0.25, 0.3) is 0 Å². The van der Waals surface area contributed by atoms with Crippen LogP contribution in [0.5, 0.6) is 0 Å². The van der Waals surface area contributed by atoms with Crippen LogP contribution < -0.4 is 10.0 Å². The minimum atomic E-state index is -3.83. The first-order valence-corrected chi connectivity index (χ1v) is 7.99. The van der Waals surface area contributed by atoms with Crippen molar-refractivity contribution in [2.45, 2.75) is 30.2 Å². The second-order valence-corrected chi connectivity index (χ2v) is 6.66. The zero-order chi connectivity index (χ0) is 14.8. The Morgan fingerprint density at radius 1 is 1.35 bits per heavy atom. The van der Waals surface area contributed by atoms with Crippen LogP contribution in [0, 0.1) is 5.82 Å². The van der Waals surface area contributed by atoms with Crippen molar-refractivity contribution in [3.8, 4) is 0 Å². The van der Waals surface area contributed by atoms with Gasteiger partial charge < -0.3 is 5.32 Å². The molecule has 2 N–H and O–H groups in total. The SMILES string of the molecule is O=C1CCC(NS(=O)(=O)c2ccc(F)cc2Cl)CCN1. The van der Waals surface area contributed by atoms with Gasteiger partial charge >= 0.3 is 0 Å². The fourth-order valence-corrected chi connectivity index (χ4v) is 3.85. The minimum Gasteiger partial charge on any atom is -0.356 e. The Morgan fingerprint density at radius 2 is 2.10 bits per heavy atom. The van der Waals surface area contributed by atoms with E-state index in [1.165, 1.54) is 0 Å². The summed E-state index contributed by atoms with van der Waals surface area (Å²) < 4.78 is 39.9. The average molecular weight is 321 g/mol. The molecule has 8 heteroatoms. The number of amides is 1. The Bertz CT molecular complexity index is 621. The molecule has 0 bridgehead atoms. The molecule has 0 aromatic heterocycles. The summed E-state index contributed by atoms with van der Waals surface area (Å²) in [6.07, 6.45) is 1.19. The Balaban J connectivity index is 2.16. The van der Waals surface area contributed by atoms with Gasteiger partial charge in [-0.25, -0.2) is 17.5 Å². The van der Waals surface area contributed by atoms with Crippen LogP contribution in [-0.4, -0.2) is 26.9 Å². The van der Waals surface area contributed by atoms with Gasteiger partial charge in [0.05, 0.1) is 5.02 Å². The predicted octanol–water partition coefficient (Wildman–Crippen LogP) is 1.43. The lowest BCUT2D eigenvalue weighted by Gasteiger charge is -2.16. The van der Waals surface area contributed by atoms with Gasteiger partial charge in [0.1, 0.15) is 10.7 Å². The highest BCUT2D eigenvalue weighted by atomic mass is 35.5. The summed E-state index contributed by atoms with van der Waals surface area (Å²) in [6.45, 7) is 0.420. The number of carbonyl (C=O) groups excluding carboxylic acids is 1. The summed E-state index contributed by atoms with van der Waals surface area (Å²) in [7, 11) is -3.83. The highest BCUT2D eigenvalue weighted by molar-refractivity contribution is 7.89. The smallest absolute Gasteiger partial charge is 0.242 e. The Hall–Kier alpha value is -1.18. The summed E-state index contributed by atoms with van der Waals surface area (Å²) in [6, 6.07) is 2.77. The first kappa shape index (κ1) is 15.2. The number of sulfonamides is 1. The van der Waals surface area contributed by atoms with Crippen molar-refractivity contribution >= 4 is 27.5 Å². The molecule has 1 amide bonds. The number of rotatable bonds is 3. The quantitative estimate of drug-likeness (QED) is 0.884. The van der Waals surface area contributed by atoms with Crippen LogP contribution in [0.3, 0.4) is 0 Å². The predicted molar refractivity (Wildman–Crippen MR) is 72.4 cm³/mol. The number of hydrogen-bond donors (Lipinski definition) is 2. The third-order valence-corrected chi connectivity index (χ3v) is 5.04. The van der Waals surface area contributed by atoms with Crippen molar-refractivity contribution in [2.75, 3.05) is 6.54 Å². The monoisotopic (exact) mass is 320 g/mol. The summed E-state index contributed by atoms with van der Waals surface area (Å²) in [5, 5.41) is 2.50. The van der Waals surface area contributed by atoms with Gasteiger partial charge in [-0.2, -0.15) is 0 Å². The average Bonchev–Trinajstić information content (AvgIpc) is 2.53. The Labute approximate surface area is 121 Å². The molecule has 1 fully saturated rings. The van der Waals surface area contributed by atoms with E-state index < -0.39 is 15.8 Å². The second kappa shape index (κ2) is 6.07. The van der Waals surface area contributed by atoms with E-state index in [4.69, 9.17) is 11.6 Å². The molecule has 1 aromatic carbocycles. The van der Waals surface area contributed by atoms with Gasteiger partial charge in [-0.1, -0.05) is 11.6 Å². The maximum Gasteiger partial charge on any atom is 0.242 e. The van der Waals surface area contributed by atoms with E-state index in [1.54, 1.807) is 0 Å². The highest BCUT2D eigenvalue weighted by Crippen LogP contribution is 2.23. The standard InChI is InChI=1S/C12H14ClFN2O3S/c13-10-7-8(14)1-3-11(10)20(18,19)16-9-2-4-12(17)15-6-5-9/h1,3,7,9,16H,2,4-6H2,(H,15,17). The van der Waals surface area contributed by atoms with Gasteiger partial charge in [-0.15, -0.1) is 0 Å². The van der Waals surface area contributed by atoms with Gasteiger partial charge in [-0.05, 0) is 31.0 Å². The number of carbonyl (C=O) groups is 1. The van der Waals surface area contributed by atoms with Gasteiger partial charge in [0, 0.05) is 19.0 Å². The van der Waals surface area contributed by atoms with Crippen LogP contribution in [0.15, 0.2) is 23.1 Å². The van der Waals surface area contributed by atoms with Crippen LogP contribution in [0.4, 0.5) is 4.39 Å². The van der Waals surface area contributed by atoms with Gasteiger partial charge in [0.2, 0.25) is 15.9 Å². The van der Waals surface area contributed by atoms with Crippen LogP contribution in [0.2, 0.25) is 5.02 Å². The largest absolute Gasteiger partial charge is 0.356 e. The van der Waals surface area contributed by atoms with Crippen molar-refractivity contribution < 1.29 is 17.6 Å². The van der Waals surface area contributed by atoms with E-state index in [0.29, 0.717) is 19.4 Å². The zero-order valence-electron chi connectivity index (χ0n) is 10.5. The van der Waals surface area contributed by atoms with Crippen molar-refractivity contribution in [2.24, 2.45) is 0 Å². The molecule has 1 aliphatic rings. The molecule has 110 valence electrons. The van der Waals surface area contributed by atoms with Crippen LogP contribution in [-0.2, 0) is 14.8 Å². The third kappa shape index (κ3) is 3.68. The molecule has 1 aromatic rings. The minimum absolute atomic E-state index is 0.0912. The fourth-order valence-electron chi connectivity index (χ4n) is 2.02. The van der Waals surface area contributed by atoms with Crippen molar-refractivity contribution in [1.82, 2.24) is 10.0 Å². The molecular formula is C12H14ClFN2O3S. The lowest BCUT2D eigenvalue weighted by molar-refractivity contribution is -0.120. The normalized spacial score (nSPS) is 20.3. The molecule has 5 nitrogen and oxygen atoms in total. The van der Waals surface area contributed by atoms with E-state index in [1.807, 2.05) is 0 Å². The molecule has 0 radical (unpaired) electrons. The summed E-state index contributed by atoms with van der Waals surface area (Å²) in [5.41, 5.74) is 0. The Kier molecular flexibility index (Phi) is 4.62. The molecule has 1 atom stereocenters. The van der Waals surface area contributed by atoms with Crippen molar-refractivity contribution in [1.29, 1.82) is 0 Å². The fraction of sp³-hybridized carbons (Fsp3) is 0.417. The third-order valence-electron chi connectivity index (χ3n) is 3.04. The van der Waals surface area contributed by atoms with E-state index in [-0.39, 0.29) is 28.3 Å². The maximum absolute atomic E-state index is 12.9. The molecule has 2 rings (SSSR count). The first-order valence-electron chi connectivity index (χ1n) is 6.12. The summed E-state index contributed by atoms with van der Waals surface area (Å²) in [4.78, 5) is 11.0. The maximum atomic E-state index is 12.9. The topological polar surface area (TPSA) is 75.3 Å². The lowest BCUT2D eigenvalue weighted by atomic mass is 10.1.